The summed E-state index contributed by atoms with van der Waals surface area (Å²) in [4.78, 5) is 0. The van der Waals surface area contributed by atoms with Gasteiger partial charge in [-0.1, -0.05) is 36.4 Å². The first-order valence-corrected chi connectivity index (χ1v) is 7.90. The maximum atomic E-state index is 14.1. The molecule has 128 valence electrons. The molecule has 0 radical (unpaired) electrons. The first-order chi connectivity index (χ1) is 12.2. The van der Waals surface area contributed by atoms with Crippen LogP contribution in [0, 0.1) is 11.6 Å². The van der Waals surface area contributed by atoms with E-state index in [1.807, 2.05) is 30.3 Å². The Bertz CT molecular complexity index is 825. The lowest BCUT2D eigenvalue weighted by Crippen LogP contribution is -2.20. The normalized spacial score (nSPS) is 10.5. The van der Waals surface area contributed by atoms with Crippen molar-refractivity contribution in [2.45, 2.75) is 13.2 Å². The van der Waals surface area contributed by atoms with Crippen LogP contribution in [-0.4, -0.2) is 0 Å². The van der Waals surface area contributed by atoms with Crippen molar-refractivity contribution >= 4 is 5.69 Å². The highest BCUT2D eigenvalue weighted by Crippen LogP contribution is 2.20. The van der Waals surface area contributed by atoms with Gasteiger partial charge in [0.25, 0.3) is 0 Å². The molecular weight excluding hydrogens is 322 g/mol. The summed E-state index contributed by atoms with van der Waals surface area (Å²) in [6, 6.07) is 20.5. The van der Waals surface area contributed by atoms with Crippen LogP contribution in [0.4, 0.5) is 14.5 Å². The summed E-state index contributed by atoms with van der Waals surface area (Å²) in [5.74, 6) is -0.645. The maximum Gasteiger partial charge on any atom is 0.165 e. The fraction of sp³-hybridized carbons (Fsp3) is 0.100. The molecule has 0 aliphatic carbocycles. The highest BCUT2D eigenvalue weighted by molar-refractivity contribution is 5.41. The molecule has 0 aliphatic heterocycles. The van der Waals surface area contributed by atoms with Gasteiger partial charge in [0, 0.05) is 12.2 Å². The van der Waals surface area contributed by atoms with E-state index in [4.69, 9.17) is 4.74 Å². The van der Waals surface area contributed by atoms with Gasteiger partial charge in [-0.25, -0.2) is 14.2 Å². The van der Waals surface area contributed by atoms with Gasteiger partial charge in [0.1, 0.15) is 12.4 Å². The lowest BCUT2D eigenvalue weighted by molar-refractivity contribution is 0.289. The average Bonchev–Trinajstić information content (AvgIpc) is 2.62. The molecule has 0 aromatic heterocycles. The Morgan fingerprint density at radius 1 is 0.800 bits per heavy atom. The van der Waals surface area contributed by atoms with Crippen molar-refractivity contribution in [2.24, 2.45) is 0 Å². The van der Waals surface area contributed by atoms with Crippen molar-refractivity contribution in [1.29, 1.82) is 0 Å². The number of anilines is 1. The van der Waals surface area contributed by atoms with Crippen LogP contribution in [0.25, 0.3) is 0 Å². The number of ether oxygens (including phenoxy) is 1. The minimum absolute atomic E-state index is 0.113. The second kappa shape index (κ2) is 8.26. The van der Waals surface area contributed by atoms with Crippen molar-refractivity contribution in [3.05, 3.63) is 95.6 Å². The summed E-state index contributed by atoms with van der Waals surface area (Å²) < 4.78 is 32.7. The van der Waals surface area contributed by atoms with Gasteiger partial charge in [-0.15, -0.1) is 0 Å². The Balaban J connectivity index is 1.53. The van der Waals surface area contributed by atoms with Crippen molar-refractivity contribution < 1.29 is 13.5 Å². The van der Waals surface area contributed by atoms with Crippen molar-refractivity contribution in [1.82, 2.24) is 5.43 Å². The molecule has 0 fully saturated rings. The summed E-state index contributed by atoms with van der Waals surface area (Å²) in [6.45, 7) is 0.567. The van der Waals surface area contributed by atoms with Gasteiger partial charge < -0.3 is 10.2 Å². The van der Waals surface area contributed by atoms with Gasteiger partial charge in [0.2, 0.25) is 0 Å². The Kier molecular flexibility index (Phi) is 5.59. The minimum Gasteiger partial charge on any atom is -0.486 e. The third kappa shape index (κ3) is 5.02. The van der Waals surface area contributed by atoms with Gasteiger partial charge in [-0.2, -0.15) is 0 Å². The molecule has 3 nitrogen and oxygen atoms in total. The summed E-state index contributed by atoms with van der Waals surface area (Å²) in [5.41, 5.74) is 8.43. The monoisotopic (exact) mass is 340 g/mol. The molecular formula is C20H18F2N2O. The van der Waals surface area contributed by atoms with Gasteiger partial charge in [-0.3, -0.25) is 0 Å². The first-order valence-electron chi connectivity index (χ1n) is 7.90. The molecule has 5 heteroatoms. The number of nitrogens with one attached hydrogen (secondary N) is 2. The highest BCUT2D eigenvalue weighted by Gasteiger charge is 2.06. The molecule has 0 bridgehead atoms. The van der Waals surface area contributed by atoms with E-state index in [2.05, 4.69) is 10.9 Å². The predicted octanol–water partition coefficient (Wildman–Crippen LogP) is 4.66. The summed E-state index contributed by atoms with van der Waals surface area (Å²) >= 11 is 0. The number of benzene rings is 3. The van der Waals surface area contributed by atoms with Gasteiger partial charge in [0.15, 0.2) is 11.6 Å². The van der Waals surface area contributed by atoms with Crippen molar-refractivity contribution in [2.75, 3.05) is 5.43 Å². The highest BCUT2D eigenvalue weighted by atomic mass is 19.1. The molecule has 0 heterocycles. The van der Waals surface area contributed by atoms with Crippen LogP contribution in [0.5, 0.6) is 5.75 Å². The zero-order chi connectivity index (χ0) is 17.5. The zero-order valence-electron chi connectivity index (χ0n) is 13.5. The summed E-state index contributed by atoms with van der Waals surface area (Å²) in [5, 5.41) is 0. The molecule has 25 heavy (non-hydrogen) atoms. The lowest BCUT2D eigenvalue weighted by atomic mass is 10.2. The number of hydrogen-bond acceptors (Lipinski definition) is 3. The van der Waals surface area contributed by atoms with Crippen LogP contribution < -0.4 is 15.6 Å². The number of para-hydroxylation sites is 1. The van der Waals surface area contributed by atoms with Crippen LogP contribution in [0.1, 0.15) is 11.1 Å². The van der Waals surface area contributed by atoms with E-state index in [0.717, 1.165) is 11.3 Å². The Morgan fingerprint density at radius 3 is 2.40 bits per heavy atom. The van der Waals surface area contributed by atoms with Crippen LogP contribution >= 0.6 is 0 Å². The smallest absolute Gasteiger partial charge is 0.165 e. The topological polar surface area (TPSA) is 33.3 Å². The third-order valence-corrected chi connectivity index (χ3v) is 3.58. The minimum atomic E-state index is -0.449. The molecule has 0 unspecified atom stereocenters. The number of rotatable bonds is 7. The first kappa shape index (κ1) is 16.9. The van der Waals surface area contributed by atoms with E-state index in [9.17, 15) is 8.78 Å². The fourth-order valence-corrected chi connectivity index (χ4v) is 2.33. The fourth-order valence-electron chi connectivity index (χ4n) is 2.33. The molecule has 2 N–H and O–H groups in total. The van der Waals surface area contributed by atoms with Crippen LogP contribution in [0.15, 0.2) is 72.8 Å². The van der Waals surface area contributed by atoms with E-state index in [0.29, 0.717) is 12.1 Å². The number of hydrogen-bond donors (Lipinski definition) is 2. The standard InChI is InChI=1S/C20H18F2N2O/c21-17-6-4-5-16(11-17)14-25-20-10-9-15(12-19(20)22)13-23-24-18-7-2-1-3-8-18/h1-12,23-24H,13-14H2. The lowest BCUT2D eigenvalue weighted by Gasteiger charge is -2.11. The van der Waals surface area contributed by atoms with Gasteiger partial charge in [0.05, 0.1) is 0 Å². The molecule has 0 saturated carbocycles. The van der Waals surface area contributed by atoms with Crippen LogP contribution in [0.2, 0.25) is 0 Å². The van der Waals surface area contributed by atoms with Crippen LogP contribution in [-0.2, 0) is 13.2 Å². The van der Waals surface area contributed by atoms with E-state index < -0.39 is 5.82 Å². The zero-order valence-corrected chi connectivity index (χ0v) is 13.5. The van der Waals surface area contributed by atoms with Crippen molar-refractivity contribution in [3.63, 3.8) is 0 Å². The molecule has 0 aliphatic rings. The quantitative estimate of drug-likeness (QED) is 0.614. The van der Waals surface area contributed by atoms with Crippen molar-refractivity contribution in [3.8, 4) is 5.75 Å². The molecule has 0 saturated heterocycles. The molecule has 3 rings (SSSR count). The Morgan fingerprint density at radius 2 is 1.64 bits per heavy atom. The van der Waals surface area contributed by atoms with Gasteiger partial charge >= 0.3 is 0 Å². The van der Waals surface area contributed by atoms with E-state index >= 15 is 0 Å². The maximum absolute atomic E-state index is 14.1. The average molecular weight is 340 g/mol. The molecule has 3 aromatic carbocycles. The van der Waals surface area contributed by atoms with E-state index in [-0.39, 0.29) is 18.2 Å². The SMILES string of the molecule is Fc1cccc(COc2ccc(CNNc3ccccc3)cc2F)c1. The second-order valence-electron chi connectivity index (χ2n) is 5.53. The predicted molar refractivity (Wildman–Crippen MR) is 94.0 cm³/mol. The molecule has 3 aromatic rings. The number of halogens is 2. The van der Waals surface area contributed by atoms with Crippen LogP contribution in [0.3, 0.4) is 0 Å². The molecule has 0 spiro atoms. The second-order valence-corrected chi connectivity index (χ2v) is 5.53. The Labute approximate surface area is 145 Å². The van der Waals surface area contributed by atoms with Gasteiger partial charge in [-0.05, 0) is 47.5 Å². The van der Waals surface area contributed by atoms with E-state index in [1.165, 1.54) is 18.2 Å². The summed E-state index contributed by atoms with van der Waals surface area (Å²) in [6.07, 6.45) is 0. The van der Waals surface area contributed by atoms with E-state index in [1.54, 1.807) is 24.3 Å². The largest absolute Gasteiger partial charge is 0.486 e. The number of hydrazine groups is 1. The molecule has 0 amide bonds. The third-order valence-electron chi connectivity index (χ3n) is 3.58. The Hall–Kier alpha value is -2.92. The summed E-state index contributed by atoms with van der Waals surface area (Å²) in [7, 11) is 0. The molecule has 0 atom stereocenters.